The summed E-state index contributed by atoms with van der Waals surface area (Å²) < 4.78 is 5.91. The van der Waals surface area contributed by atoms with Crippen LogP contribution in [0.3, 0.4) is 0 Å². The summed E-state index contributed by atoms with van der Waals surface area (Å²) in [6, 6.07) is 1.43. The maximum atomic E-state index is 12.9. The Morgan fingerprint density at radius 1 is 1.19 bits per heavy atom. The van der Waals surface area contributed by atoms with Gasteiger partial charge in [-0.3, -0.25) is 4.79 Å². The van der Waals surface area contributed by atoms with Crippen molar-refractivity contribution in [2.75, 3.05) is 38.2 Å². The minimum atomic E-state index is -0.333. The van der Waals surface area contributed by atoms with Crippen LogP contribution in [-0.4, -0.2) is 60.8 Å². The molecular weight excluding hydrogens is 396 g/mol. The van der Waals surface area contributed by atoms with E-state index in [1.807, 2.05) is 9.80 Å². The van der Waals surface area contributed by atoms with E-state index in [4.69, 9.17) is 10.1 Å². The lowest BCUT2D eigenvalue weighted by molar-refractivity contribution is 0.0723. The number of nitrogens with zero attached hydrogens (tertiary/aromatic N) is 3. The Kier molecular flexibility index (Phi) is 7.64. The first-order valence-corrected chi connectivity index (χ1v) is 10.6. The van der Waals surface area contributed by atoms with Crippen LogP contribution < -0.4 is 20.3 Å². The van der Waals surface area contributed by atoms with E-state index in [2.05, 4.69) is 15.6 Å². The van der Waals surface area contributed by atoms with Crippen molar-refractivity contribution in [3.63, 3.8) is 0 Å². The van der Waals surface area contributed by atoms with Gasteiger partial charge in [0.15, 0.2) is 11.6 Å². The van der Waals surface area contributed by atoms with E-state index in [-0.39, 0.29) is 11.9 Å². The second-order valence-electron chi connectivity index (χ2n) is 7.56. The molecule has 1 aromatic heterocycles. The number of likely N-dealkylation sites (tertiary alicyclic amines) is 1. The molecule has 9 heteroatoms. The molecule has 166 valence electrons. The largest absolute Gasteiger partial charge is 0.490 e. The number of carbonyl (C=O) groups is 2. The minimum absolute atomic E-state index is 0.0184. The van der Waals surface area contributed by atoms with Crippen molar-refractivity contribution in [3.8, 4) is 5.75 Å². The van der Waals surface area contributed by atoms with Gasteiger partial charge in [-0.05, 0) is 50.8 Å². The molecular formula is C22H30N6O3. The minimum Gasteiger partial charge on any atom is -0.490 e. The number of anilines is 1. The van der Waals surface area contributed by atoms with Gasteiger partial charge in [0.25, 0.3) is 5.91 Å². The molecule has 0 aromatic carbocycles. The maximum absolute atomic E-state index is 12.9. The van der Waals surface area contributed by atoms with Crippen LogP contribution in [0.15, 0.2) is 36.3 Å². The maximum Gasteiger partial charge on any atom is 0.318 e. The van der Waals surface area contributed by atoms with Crippen molar-refractivity contribution in [1.29, 1.82) is 5.41 Å². The number of hydrogen-bond donors (Lipinski definition) is 3. The Hall–Kier alpha value is -3.36. The average molecular weight is 427 g/mol. The zero-order chi connectivity index (χ0) is 22.2. The average Bonchev–Trinajstić information content (AvgIpc) is 3.00. The van der Waals surface area contributed by atoms with Crippen molar-refractivity contribution < 1.29 is 14.3 Å². The number of urea groups is 1. The zero-order valence-electron chi connectivity index (χ0n) is 18.1. The predicted octanol–water partition coefficient (Wildman–Crippen LogP) is 2.66. The van der Waals surface area contributed by atoms with Gasteiger partial charge < -0.3 is 30.6 Å². The van der Waals surface area contributed by atoms with Crippen LogP contribution in [0.25, 0.3) is 0 Å². The number of hydrogen-bond acceptors (Lipinski definition) is 6. The lowest BCUT2D eigenvalue weighted by Crippen LogP contribution is -2.35. The molecule has 0 radical (unpaired) electrons. The molecule has 2 aliphatic rings. The van der Waals surface area contributed by atoms with Crippen LogP contribution in [-0.2, 0) is 0 Å². The summed E-state index contributed by atoms with van der Waals surface area (Å²) in [6.45, 7) is 4.37. The van der Waals surface area contributed by atoms with E-state index < -0.39 is 0 Å². The Labute approximate surface area is 182 Å². The summed E-state index contributed by atoms with van der Waals surface area (Å²) in [4.78, 5) is 32.7. The monoisotopic (exact) mass is 426 g/mol. The molecule has 0 atom stereocenters. The number of ether oxygens (including phenoxy) is 1. The number of aromatic nitrogens is 1. The number of nitrogens with one attached hydrogen (secondary N) is 3. The van der Waals surface area contributed by atoms with Crippen LogP contribution in [0.2, 0.25) is 0 Å². The second kappa shape index (κ2) is 10.6. The third-order valence-corrected chi connectivity index (χ3v) is 5.13. The van der Waals surface area contributed by atoms with Gasteiger partial charge >= 0.3 is 6.03 Å². The number of allylic oxidation sites excluding steroid dienone is 2. The normalized spacial score (nSPS) is 16.9. The molecule has 0 unspecified atom stereocenters. The number of amides is 3. The van der Waals surface area contributed by atoms with E-state index in [0.29, 0.717) is 41.7 Å². The molecule has 1 aromatic rings. The quantitative estimate of drug-likeness (QED) is 0.495. The fourth-order valence-corrected chi connectivity index (χ4v) is 3.62. The third kappa shape index (κ3) is 5.84. The van der Waals surface area contributed by atoms with Gasteiger partial charge in [0.05, 0.1) is 12.2 Å². The van der Waals surface area contributed by atoms with Crippen LogP contribution in [0.4, 0.5) is 10.6 Å². The summed E-state index contributed by atoms with van der Waals surface area (Å²) in [5.41, 5.74) is 1.58. The molecule has 3 amide bonds. The van der Waals surface area contributed by atoms with Crippen molar-refractivity contribution >= 4 is 23.5 Å². The van der Waals surface area contributed by atoms with Crippen LogP contribution in [0.1, 0.15) is 43.0 Å². The number of carbonyl (C=O) groups excluding carboxylic acids is 2. The molecule has 2 aliphatic heterocycles. The number of pyridine rings is 1. The Balaban J connectivity index is 1.89. The van der Waals surface area contributed by atoms with Crippen LogP contribution >= 0.6 is 0 Å². The molecule has 9 nitrogen and oxygen atoms in total. The van der Waals surface area contributed by atoms with Gasteiger partial charge in [-0.25, -0.2) is 9.78 Å². The molecule has 3 rings (SSSR count). The van der Waals surface area contributed by atoms with E-state index in [0.717, 1.165) is 38.8 Å². The van der Waals surface area contributed by atoms with Crippen molar-refractivity contribution in [2.45, 2.75) is 32.6 Å². The summed E-state index contributed by atoms with van der Waals surface area (Å²) >= 11 is 0. The highest BCUT2D eigenvalue weighted by Gasteiger charge is 2.24. The molecule has 31 heavy (non-hydrogen) atoms. The molecule has 0 saturated carbocycles. The molecule has 1 fully saturated rings. The highest BCUT2D eigenvalue weighted by atomic mass is 16.5. The first kappa shape index (κ1) is 22.3. The number of fused-ring (bicyclic) bond motifs is 1. The summed E-state index contributed by atoms with van der Waals surface area (Å²) in [6.07, 6.45) is 10.5. The molecule has 0 bridgehead atoms. The first-order chi connectivity index (χ1) is 15.0. The van der Waals surface area contributed by atoms with Crippen molar-refractivity contribution in [3.05, 3.63) is 41.9 Å². The van der Waals surface area contributed by atoms with Gasteiger partial charge in [-0.15, -0.1) is 0 Å². The van der Waals surface area contributed by atoms with E-state index >= 15 is 0 Å². The number of piperidine rings is 1. The van der Waals surface area contributed by atoms with E-state index in [1.165, 1.54) is 13.2 Å². The lowest BCUT2D eigenvalue weighted by Gasteiger charge is -2.27. The van der Waals surface area contributed by atoms with Gasteiger partial charge in [-0.2, -0.15) is 0 Å². The molecule has 3 heterocycles. The molecule has 0 spiro atoms. The van der Waals surface area contributed by atoms with Crippen molar-refractivity contribution in [1.82, 2.24) is 20.5 Å². The molecule has 3 N–H and O–H groups in total. The summed E-state index contributed by atoms with van der Waals surface area (Å²) in [5, 5.41) is 13.0. The summed E-state index contributed by atoms with van der Waals surface area (Å²) in [7, 11) is 1.54. The van der Waals surface area contributed by atoms with Gasteiger partial charge in [0.1, 0.15) is 0 Å². The van der Waals surface area contributed by atoms with Gasteiger partial charge in [0, 0.05) is 50.5 Å². The fraction of sp³-hybridized carbons (Fsp3) is 0.455. The van der Waals surface area contributed by atoms with E-state index in [1.54, 1.807) is 31.3 Å². The highest BCUT2D eigenvalue weighted by Crippen LogP contribution is 2.32. The molecule has 0 aliphatic carbocycles. The lowest BCUT2D eigenvalue weighted by atomic mass is 10.1. The fourth-order valence-electron chi connectivity index (χ4n) is 3.62. The standard InChI is InChI=1S/C22H30N6O3/c1-16(23)13-18(7-8-25-22(30)24-2)28-11-6-12-31-19-14-17(15-26-20(19)28)21(29)27-9-4-3-5-10-27/h7-8,13-15,23H,3-6,9-12H2,1-2H3,(H2,24,25,30)/b8-7-,18-13+,23-16?. The smallest absolute Gasteiger partial charge is 0.318 e. The summed E-state index contributed by atoms with van der Waals surface area (Å²) in [5.74, 6) is 1.11. The Morgan fingerprint density at radius 2 is 1.97 bits per heavy atom. The Morgan fingerprint density at radius 3 is 2.68 bits per heavy atom. The Bertz CT molecular complexity index is 889. The van der Waals surface area contributed by atoms with Gasteiger partial charge in [-0.1, -0.05) is 0 Å². The molecule has 1 saturated heterocycles. The van der Waals surface area contributed by atoms with Crippen LogP contribution in [0, 0.1) is 5.41 Å². The number of rotatable bonds is 5. The van der Waals surface area contributed by atoms with Crippen molar-refractivity contribution in [2.24, 2.45) is 0 Å². The third-order valence-electron chi connectivity index (χ3n) is 5.13. The van der Waals surface area contributed by atoms with Gasteiger partial charge in [0.2, 0.25) is 0 Å². The topological polar surface area (TPSA) is 111 Å². The highest BCUT2D eigenvalue weighted by molar-refractivity contribution is 5.95. The van der Waals surface area contributed by atoms with Crippen LogP contribution in [0.5, 0.6) is 5.75 Å². The van der Waals surface area contributed by atoms with E-state index in [9.17, 15) is 9.59 Å². The second-order valence-corrected chi connectivity index (χ2v) is 7.56. The zero-order valence-corrected chi connectivity index (χ0v) is 18.1. The predicted molar refractivity (Wildman–Crippen MR) is 120 cm³/mol. The SMILES string of the molecule is CNC(=O)N/C=C\C(=C/C(C)=N)N1CCCOc2cc(C(=O)N3CCCCC3)cnc21. The first-order valence-electron chi connectivity index (χ1n) is 10.6.